The van der Waals surface area contributed by atoms with Gasteiger partial charge in [0, 0.05) is 24.9 Å². The summed E-state index contributed by atoms with van der Waals surface area (Å²) in [6.07, 6.45) is 4.16. The number of hydrogen-bond acceptors (Lipinski definition) is 5. The van der Waals surface area contributed by atoms with E-state index in [1.165, 1.54) is 18.9 Å². The van der Waals surface area contributed by atoms with Crippen molar-refractivity contribution in [2.24, 2.45) is 5.92 Å². The van der Waals surface area contributed by atoms with Crippen molar-refractivity contribution >= 4 is 5.91 Å². The number of nitrogens with zero attached hydrogens (tertiary/aromatic N) is 2. The lowest BCUT2D eigenvalue weighted by atomic mass is 9.96. The number of halogens is 1. The van der Waals surface area contributed by atoms with Gasteiger partial charge in [-0.25, -0.2) is 4.39 Å². The molecule has 1 saturated heterocycles. The second kappa shape index (κ2) is 8.89. The maximum Gasteiger partial charge on any atom is 0.227 e. The Morgan fingerprint density at radius 2 is 2.35 bits per heavy atom. The Hall–Kier alpha value is -2.28. The number of benzene rings is 1. The molecule has 26 heavy (non-hydrogen) atoms. The lowest BCUT2D eigenvalue weighted by Crippen LogP contribution is -2.33. The lowest BCUT2D eigenvalue weighted by molar-refractivity contribution is -0.121. The molecule has 2 heterocycles. The average Bonchev–Trinajstić information content (AvgIpc) is 3.12. The lowest BCUT2D eigenvalue weighted by Gasteiger charge is -2.22. The largest absolute Gasteiger partial charge is 0.356 e. The molecule has 2 N–H and O–H groups in total. The van der Waals surface area contributed by atoms with Gasteiger partial charge in [0.1, 0.15) is 5.82 Å². The molecular weight excluding hydrogens is 335 g/mol. The molecule has 0 aliphatic carbocycles. The number of carbonyl (C=O) groups is 1. The van der Waals surface area contributed by atoms with Crippen molar-refractivity contribution in [2.75, 3.05) is 19.6 Å². The zero-order valence-electron chi connectivity index (χ0n) is 15.1. The molecule has 1 aliphatic heterocycles. The summed E-state index contributed by atoms with van der Waals surface area (Å²) in [4.78, 5) is 16.2. The number of hydrogen-bond donors (Lipinski definition) is 2. The van der Waals surface area contributed by atoms with E-state index >= 15 is 0 Å². The van der Waals surface area contributed by atoms with Crippen LogP contribution >= 0.6 is 0 Å². The van der Waals surface area contributed by atoms with Crippen LogP contribution in [0, 0.1) is 18.7 Å². The third kappa shape index (κ3) is 5.11. The SMILES string of the molecule is Cc1cc(-c2noc(CCC(=O)NCCC3CCCNC3)n2)ccc1F. The minimum atomic E-state index is -0.266. The van der Waals surface area contributed by atoms with Gasteiger partial charge >= 0.3 is 0 Å². The Morgan fingerprint density at radius 1 is 1.46 bits per heavy atom. The van der Waals surface area contributed by atoms with E-state index in [1.807, 2.05) is 0 Å². The van der Waals surface area contributed by atoms with Crippen molar-refractivity contribution < 1.29 is 13.7 Å². The first-order chi connectivity index (χ1) is 12.6. The number of nitrogens with one attached hydrogen (secondary N) is 2. The maximum atomic E-state index is 13.3. The molecular formula is C19H25FN4O2. The van der Waals surface area contributed by atoms with Gasteiger partial charge in [-0.2, -0.15) is 4.98 Å². The Kier molecular flexibility index (Phi) is 6.33. The van der Waals surface area contributed by atoms with Gasteiger partial charge in [-0.1, -0.05) is 5.16 Å². The highest BCUT2D eigenvalue weighted by Crippen LogP contribution is 2.19. The topological polar surface area (TPSA) is 80.0 Å². The summed E-state index contributed by atoms with van der Waals surface area (Å²) in [7, 11) is 0. The van der Waals surface area contributed by atoms with Crippen LogP contribution in [0.3, 0.4) is 0 Å². The molecule has 0 radical (unpaired) electrons. The van der Waals surface area contributed by atoms with E-state index in [0.717, 1.165) is 19.5 Å². The van der Waals surface area contributed by atoms with E-state index < -0.39 is 0 Å². The molecule has 140 valence electrons. The molecule has 1 atom stereocenters. The second-order valence-electron chi connectivity index (χ2n) is 6.83. The number of aromatic nitrogens is 2. The van der Waals surface area contributed by atoms with Crippen LogP contribution < -0.4 is 10.6 Å². The first kappa shape index (κ1) is 18.5. The molecule has 1 fully saturated rings. The highest BCUT2D eigenvalue weighted by molar-refractivity contribution is 5.76. The third-order valence-electron chi connectivity index (χ3n) is 4.72. The number of piperidine rings is 1. The van der Waals surface area contributed by atoms with Gasteiger partial charge in [-0.3, -0.25) is 4.79 Å². The van der Waals surface area contributed by atoms with E-state index in [9.17, 15) is 9.18 Å². The minimum absolute atomic E-state index is 0.00820. The van der Waals surface area contributed by atoms with Crippen LogP contribution in [0.5, 0.6) is 0 Å². The van der Waals surface area contributed by atoms with E-state index in [2.05, 4.69) is 20.8 Å². The zero-order chi connectivity index (χ0) is 18.4. The van der Waals surface area contributed by atoms with Crippen LogP contribution in [0.25, 0.3) is 11.4 Å². The zero-order valence-corrected chi connectivity index (χ0v) is 15.1. The molecule has 0 bridgehead atoms. The molecule has 0 saturated carbocycles. The van der Waals surface area contributed by atoms with Crippen LogP contribution in [0.15, 0.2) is 22.7 Å². The van der Waals surface area contributed by atoms with Crippen molar-refractivity contribution in [3.63, 3.8) is 0 Å². The molecule has 6 nitrogen and oxygen atoms in total. The van der Waals surface area contributed by atoms with Gasteiger partial charge in [0.15, 0.2) is 0 Å². The third-order valence-corrected chi connectivity index (χ3v) is 4.72. The molecule has 0 spiro atoms. The normalized spacial score (nSPS) is 17.2. The van der Waals surface area contributed by atoms with Gasteiger partial charge < -0.3 is 15.2 Å². The highest BCUT2D eigenvalue weighted by Gasteiger charge is 2.14. The van der Waals surface area contributed by atoms with Crippen LogP contribution in [0.1, 0.15) is 37.1 Å². The molecule has 3 rings (SSSR count). The van der Waals surface area contributed by atoms with Crippen LogP contribution in [-0.4, -0.2) is 35.7 Å². The summed E-state index contributed by atoms with van der Waals surface area (Å²) < 4.78 is 18.5. The predicted molar refractivity (Wildman–Crippen MR) is 96.0 cm³/mol. The Labute approximate surface area is 152 Å². The quantitative estimate of drug-likeness (QED) is 0.793. The van der Waals surface area contributed by atoms with Crippen molar-refractivity contribution in [3.8, 4) is 11.4 Å². The summed E-state index contributed by atoms with van der Waals surface area (Å²) in [6.45, 7) is 4.54. The monoisotopic (exact) mass is 360 g/mol. The summed E-state index contributed by atoms with van der Waals surface area (Å²) in [5.74, 6) is 1.20. The van der Waals surface area contributed by atoms with E-state index in [-0.39, 0.29) is 11.7 Å². The van der Waals surface area contributed by atoms with Crippen molar-refractivity contribution in [1.29, 1.82) is 0 Å². The molecule has 1 aromatic heterocycles. The van der Waals surface area contributed by atoms with Crippen LogP contribution in [0.4, 0.5) is 4.39 Å². The summed E-state index contributed by atoms with van der Waals surface area (Å²) in [6, 6.07) is 4.68. The van der Waals surface area contributed by atoms with E-state index in [0.29, 0.717) is 48.1 Å². The number of rotatable bonds is 7. The predicted octanol–water partition coefficient (Wildman–Crippen LogP) is 2.62. The molecule has 7 heteroatoms. The average molecular weight is 360 g/mol. The fourth-order valence-corrected chi connectivity index (χ4v) is 3.15. The van der Waals surface area contributed by atoms with Gasteiger partial charge in [0.2, 0.25) is 17.6 Å². The smallest absolute Gasteiger partial charge is 0.227 e. The van der Waals surface area contributed by atoms with Gasteiger partial charge in [-0.15, -0.1) is 0 Å². The van der Waals surface area contributed by atoms with Crippen LogP contribution in [0.2, 0.25) is 0 Å². The molecule has 2 aromatic rings. The fraction of sp³-hybridized carbons (Fsp3) is 0.526. The highest BCUT2D eigenvalue weighted by atomic mass is 19.1. The van der Waals surface area contributed by atoms with Gasteiger partial charge in [-0.05, 0) is 69.0 Å². The summed E-state index contributed by atoms with van der Waals surface area (Å²) >= 11 is 0. The van der Waals surface area contributed by atoms with Crippen molar-refractivity contribution in [3.05, 3.63) is 35.5 Å². The van der Waals surface area contributed by atoms with Gasteiger partial charge in [0.25, 0.3) is 0 Å². The standard InChI is InChI=1S/C19H25FN4O2/c1-13-11-15(4-5-16(13)20)19-23-18(26-24-19)7-6-17(25)22-10-8-14-3-2-9-21-12-14/h4-5,11,14,21H,2-3,6-10,12H2,1H3,(H,22,25). The van der Waals surface area contributed by atoms with E-state index in [4.69, 9.17) is 4.52 Å². The van der Waals surface area contributed by atoms with E-state index in [1.54, 1.807) is 19.1 Å². The Morgan fingerprint density at radius 3 is 3.12 bits per heavy atom. The first-order valence-electron chi connectivity index (χ1n) is 9.18. The second-order valence-corrected chi connectivity index (χ2v) is 6.83. The minimum Gasteiger partial charge on any atom is -0.356 e. The summed E-state index contributed by atoms with van der Waals surface area (Å²) in [5.41, 5.74) is 1.23. The Balaban J connectivity index is 1.42. The van der Waals surface area contributed by atoms with Gasteiger partial charge in [0.05, 0.1) is 0 Å². The molecule has 1 unspecified atom stereocenters. The molecule has 1 amide bonds. The number of aryl methyl sites for hydroxylation is 2. The molecule has 1 aromatic carbocycles. The number of amides is 1. The first-order valence-corrected chi connectivity index (χ1v) is 9.18. The van der Waals surface area contributed by atoms with Crippen LogP contribution in [-0.2, 0) is 11.2 Å². The molecule has 1 aliphatic rings. The van der Waals surface area contributed by atoms with Crippen molar-refractivity contribution in [1.82, 2.24) is 20.8 Å². The number of carbonyl (C=O) groups excluding carboxylic acids is 1. The summed E-state index contributed by atoms with van der Waals surface area (Å²) in [5, 5.41) is 10.2. The fourth-order valence-electron chi connectivity index (χ4n) is 3.15. The Bertz CT molecular complexity index is 741. The maximum absolute atomic E-state index is 13.3. The van der Waals surface area contributed by atoms with Crippen molar-refractivity contribution in [2.45, 2.75) is 39.0 Å².